The number of ether oxygens (including phenoxy) is 1. The first-order chi connectivity index (χ1) is 27.9. The van der Waals surface area contributed by atoms with Crippen molar-refractivity contribution in [2.45, 2.75) is 219 Å². The number of carboxylic acid groups (broad SMARTS) is 1. The van der Waals surface area contributed by atoms with Gasteiger partial charge in [-0.3, -0.25) is 9.59 Å². The highest BCUT2D eigenvalue weighted by atomic mass is 16.5. The zero-order chi connectivity index (χ0) is 41.7. The van der Waals surface area contributed by atoms with Crippen LogP contribution in [0.1, 0.15) is 206 Å². The smallest absolute Gasteiger partial charge is 0.326 e. The number of rotatable bonds is 41. The largest absolute Gasteiger partial charge is 0.480 e. The molecule has 1 amide bonds. The highest BCUT2D eigenvalue weighted by Crippen LogP contribution is 2.16. The number of carbonyl (C=O) groups excluding carboxylic acids is 2. The second-order valence-corrected chi connectivity index (χ2v) is 15.4. The third-order valence-electron chi connectivity index (χ3n) is 9.99. The number of hydrogen-bond acceptors (Lipinski definition) is 5. The number of carbonyl (C=O) groups is 3. The normalized spacial score (nSPS) is 13.3. The van der Waals surface area contributed by atoms with Crippen LogP contribution in [0.3, 0.4) is 0 Å². The highest BCUT2D eigenvalue weighted by molar-refractivity contribution is 5.83. The molecule has 2 atom stereocenters. The van der Waals surface area contributed by atoms with Crippen molar-refractivity contribution >= 4 is 17.8 Å². The van der Waals surface area contributed by atoms with Crippen molar-refractivity contribution in [2.75, 3.05) is 6.54 Å². The van der Waals surface area contributed by atoms with Gasteiger partial charge in [0.05, 0.1) is 0 Å². The van der Waals surface area contributed by atoms with E-state index in [4.69, 9.17) is 10.5 Å². The Morgan fingerprint density at radius 1 is 0.544 bits per heavy atom. The van der Waals surface area contributed by atoms with Crippen molar-refractivity contribution < 1.29 is 24.2 Å². The molecule has 57 heavy (non-hydrogen) atoms. The van der Waals surface area contributed by atoms with Gasteiger partial charge in [0.15, 0.2) is 0 Å². The fourth-order valence-corrected chi connectivity index (χ4v) is 6.50. The molecule has 0 saturated carbocycles. The van der Waals surface area contributed by atoms with Gasteiger partial charge < -0.3 is 20.9 Å². The molecule has 0 aliphatic heterocycles. The van der Waals surface area contributed by atoms with Crippen molar-refractivity contribution in [3.8, 4) is 0 Å². The first-order valence-electron chi connectivity index (χ1n) is 23.3. The van der Waals surface area contributed by atoms with Crippen LogP contribution in [0, 0.1) is 0 Å². The summed E-state index contributed by atoms with van der Waals surface area (Å²) in [5.74, 6) is -1.34. The summed E-state index contributed by atoms with van der Waals surface area (Å²) in [6.07, 6.45) is 56.8. The second kappa shape index (κ2) is 43.9. The van der Waals surface area contributed by atoms with E-state index in [1.165, 1.54) is 77.0 Å². The van der Waals surface area contributed by atoms with E-state index in [-0.39, 0.29) is 18.0 Å². The molecule has 0 saturated heterocycles. The predicted molar refractivity (Wildman–Crippen MR) is 243 cm³/mol. The molecule has 0 aromatic heterocycles. The fourth-order valence-electron chi connectivity index (χ4n) is 6.50. The van der Waals surface area contributed by atoms with Gasteiger partial charge >= 0.3 is 11.9 Å². The maximum absolute atomic E-state index is 12.8. The second-order valence-electron chi connectivity index (χ2n) is 15.4. The molecule has 0 bridgehead atoms. The van der Waals surface area contributed by atoms with Crippen molar-refractivity contribution in [3.63, 3.8) is 0 Å². The number of esters is 1. The average Bonchev–Trinajstić information content (AvgIpc) is 3.20. The maximum Gasteiger partial charge on any atom is 0.326 e. The Labute approximate surface area is 350 Å². The molecular formula is C50H86N2O5. The number of aliphatic carboxylic acids is 1. The van der Waals surface area contributed by atoms with Gasteiger partial charge in [-0.1, -0.05) is 164 Å². The van der Waals surface area contributed by atoms with Gasteiger partial charge in [-0.15, -0.1) is 0 Å². The van der Waals surface area contributed by atoms with Crippen molar-refractivity contribution in [3.05, 3.63) is 72.9 Å². The Balaban J connectivity index is 4.24. The molecule has 2 unspecified atom stereocenters. The molecule has 0 aromatic rings. The van der Waals surface area contributed by atoms with Crippen molar-refractivity contribution in [1.82, 2.24) is 5.32 Å². The summed E-state index contributed by atoms with van der Waals surface area (Å²) in [6, 6.07) is -0.875. The molecule has 0 rings (SSSR count). The summed E-state index contributed by atoms with van der Waals surface area (Å²) in [6.45, 7) is 4.81. The van der Waals surface area contributed by atoms with Crippen LogP contribution >= 0.6 is 0 Å². The first-order valence-corrected chi connectivity index (χ1v) is 23.3. The van der Waals surface area contributed by atoms with Gasteiger partial charge in [0.1, 0.15) is 12.1 Å². The van der Waals surface area contributed by atoms with E-state index in [1.54, 1.807) is 0 Å². The Kier molecular flexibility index (Phi) is 41.5. The number of carboxylic acids is 1. The van der Waals surface area contributed by atoms with Crippen LogP contribution in [0.5, 0.6) is 0 Å². The van der Waals surface area contributed by atoms with Gasteiger partial charge in [-0.05, 0) is 109 Å². The minimum Gasteiger partial charge on any atom is -0.480 e. The van der Waals surface area contributed by atoms with E-state index in [0.717, 1.165) is 83.5 Å². The van der Waals surface area contributed by atoms with E-state index >= 15 is 0 Å². The molecule has 0 heterocycles. The summed E-state index contributed by atoms with van der Waals surface area (Å²) in [5, 5.41) is 11.9. The number of allylic oxidation sites excluding steroid dienone is 11. The minimum atomic E-state index is -1.02. The third-order valence-corrected chi connectivity index (χ3v) is 9.99. The summed E-state index contributed by atoms with van der Waals surface area (Å²) in [5.41, 5.74) is 5.49. The lowest BCUT2D eigenvalue weighted by atomic mass is 10.1. The Bertz CT molecular complexity index is 1120. The Hall–Kier alpha value is -3.19. The lowest BCUT2D eigenvalue weighted by molar-refractivity contribution is -0.147. The predicted octanol–water partition coefficient (Wildman–Crippen LogP) is 13.5. The summed E-state index contributed by atoms with van der Waals surface area (Å²) < 4.78 is 5.94. The summed E-state index contributed by atoms with van der Waals surface area (Å²) in [4.78, 5) is 36.4. The standard InChI is InChI=1S/C50H86N2O5/c1-3-5-7-9-11-13-14-15-16-17-18-19-20-21-22-23-24-25-26-28-30-32-38-44-49(54)57-46(40-35-31-29-27-12-10-8-6-4-2)41-36-33-34-37-43-48(53)52-47(50(55)56)42-39-45-51/h5,7,11,13,15-16,18-19,21-22,35,40,46-47H,3-4,6,8-10,12,14,17,20,23-34,36-39,41-45,51H2,1-2H3,(H,52,53)(H,55,56)/b7-5-,13-11-,16-15-,19-18-,22-21-,40-35-. The van der Waals surface area contributed by atoms with Gasteiger partial charge in [0.2, 0.25) is 5.91 Å². The third kappa shape index (κ3) is 40.8. The summed E-state index contributed by atoms with van der Waals surface area (Å²) in [7, 11) is 0. The van der Waals surface area contributed by atoms with E-state index in [2.05, 4.69) is 92.1 Å². The highest BCUT2D eigenvalue weighted by Gasteiger charge is 2.19. The van der Waals surface area contributed by atoms with Gasteiger partial charge in [0, 0.05) is 12.8 Å². The molecule has 7 nitrogen and oxygen atoms in total. The lowest BCUT2D eigenvalue weighted by Crippen LogP contribution is -2.40. The van der Waals surface area contributed by atoms with Gasteiger partial charge in [-0.2, -0.15) is 0 Å². The van der Waals surface area contributed by atoms with E-state index in [9.17, 15) is 19.5 Å². The number of nitrogens with two attached hydrogens (primary N) is 1. The quantitative estimate of drug-likeness (QED) is 0.0322. The number of amides is 1. The van der Waals surface area contributed by atoms with Crippen molar-refractivity contribution in [1.29, 1.82) is 0 Å². The van der Waals surface area contributed by atoms with Crippen LogP contribution in [0.2, 0.25) is 0 Å². The molecule has 0 radical (unpaired) electrons. The molecule has 4 N–H and O–H groups in total. The maximum atomic E-state index is 12.8. The molecule has 0 aliphatic rings. The van der Waals surface area contributed by atoms with Crippen LogP contribution in [-0.2, 0) is 19.1 Å². The van der Waals surface area contributed by atoms with Crippen LogP contribution < -0.4 is 11.1 Å². The first kappa shape index (κ1) is 53.8. The Morgan fingerprint density at radius 3 is 1.56 bits per heavy atom. The lowest BCUT2D eigenvalue weighted by Gasteiger charge is -2.15. The van der Waals surface area contributed by atoms with Gasteiger partial charge in [-0.25, -0.2) is 4.79 Å². The topological polar surface area (TPSA) is 119 Å². The Morgan fingerprint density at radius 2 is 1.02 bits per heavy atom. The van der Waals surface area contributed by atoms with E-state index < -0.39 is 12.0 Å². The van der Waals surface area contributed by atoms with Crippen LogP contribution in [0.15, 0.2) is 72.9 Å². The zero-order valence-corrected chi connectivity index (χ0v) is 36.7. The average molecular weight is 795 g/mol. The molecule has 0 spiro atoms. The van der Waals surface area contributed by atoms with E-state index in [1.807, 2.05) is 0 Å². The van der Waals surface area contributed by atoms with Crippen molar-refractivity contribution in [2.24, 2.45) is 5.73 Å². The molecule has 326 valence electrons. The molecule has 0 fully saturated rings. The van der Waals surface area contributed by atoms with Crippen LogP contribution in [0.25, 0.3) is 0 Å². The van der Waals surface area contributed by atoms with Crippen LogP contribution in [-0.4, -0.2) is 41.6 Å². The number of nitrogens with one attached hydrogen (secondary N) is 1. The SMILES string of the molecule is CC/C=C\C/C=C\C/C=C\C/C=C\C/C=C\CCCCCCCCCC(=O)OC(/C=C\CCCCCCCCC)CCCCCCC(=O)NC(CCCN)C(=O)O. The number of hydrogen-bond donors (Lipinski definition) is 3. The fraction of sp³-hybridized carbons (Fsp3) is 0.700. The molecule has 0 aliphatic carbocycles. The molecule has 0 aromatic carbocycles. The van der Waals surface area contributed by atoms with Crippen LogP contribution in [0.4, 0.5) is 0 Å². The monoisotopic (exact) mass is 795 g/mol. The summed E-state index contributed by atoms with van der Waals surface area (Å²) >= 11 is 0. The van der Waals surface area contributed by atoms with Gasteiger partial charge in [0.25, 0.3) is 0 Å². The number of unbranched alkanes of at least 4 members (excludes halogenated alkanes) is 17. The molecule has 7 heteroatoms. The zero-order valence-electron chi connectivity index (χ0n) is 36.7. The minimum absolute atomic E-state index is 0.100. The van der Waals surface area contributed by atoms with E-state index in [0.29, 0.717) is 38.6 Å². The molecular weight excluding hydrogens is 709 g/mol.